The molecule has 1 aliphatic rings. The fourth-order valence-electron chi connectivity index (χ4n) is 2.43. The molecule has 0 fully saturated rings. The van der Waals surface area contributed by atoms with Crippen molar-refractivity contribution < 1.29 is 9.13 Å². The summed E-state index contributed by atoms with van der Waals surface area (Å²) in [5, 5.41) is 0.970. The Morgan fingerprint density at radius 3 is 2.50 bits per heavy atom. The fourth-order valence-corrected chi connectivity index (χ4v) is 2.77. The lowest BCUT2D eigenvalue weighted by Gasteiger charge is -2.30. The SMILES string of the molecule is N[C@@H]1CC(c2ccc(Cl)cc2F)Oc2ccc(Cl)cc21. The molecule has 1 heterocycles. The van der Waals surface area contributed by atoms with Crippen LogP contribution in [0.15, 0.2) is 36.4 Å². The van der Waals surface area contributed by atoms with Crippen LogP contribution >= 0.6 is 23.2 Å². The Bertz CT molecular complexity index is 662. The highest BCUT2D eigenvalue weighted by Gasteiger charge is 2.29. The lowest BCUT2D eigenvalue weighted by Crippen LogP contribution is -2.24. The molecule has 0 bridgehead atoms. The molecule has 0 amide bonds. The minimum atomic E-state index is -0.420. The molecular weight excluding hydrogens is 300 g/mol. The number of hydrogen-bond acceptors (Lipinski definition) is 2. The Kier molecular flexibility index (Phi) is 3.59. The van der Waals surface area contributed by atoms with Crippen molar-refractivity contribution in [3.63, 3.8) is 0 Å². The molecule has 0 spiro atoms. The van der Waals surface area contributed by atoms with Gasteiger partial charge in [-0.15, -0.1) is 0 Å². The molecular formula is C15H12Cl2FNO. The van der Waals surface area contributed by atoms with Crippen LogP contribution in [0.1, 0.15) is 29.7 Å². The van der Waals surface area contributed by atoms with E-state index >= 15 is 0 Å². The van der Waals surface area contributed by atoms with E-state index in [4.69, 9.17) is 33.7 Å². The van der Waals surface area contributed by atoms with Crippen LogP contribution in [0.2, 0.25) is 10.0 Å². The Labute approximate surface area is 126 Å². The van der Waals surface area contributed by atoms with Crippen molar-refractivity contribution >= 4 is 23.2 Å². The monoisotopic (exact) mass is 311 g/mol. The van der Waals surface area contributed by atoms with Crippen molar-refractivity contribution in [1.29, 1.82) is 0 Å². The van der Waals surface area contributed by atoms with Crippen molar-refractivity contribution in [2.45, 2.75) is 18.6 Å². The summed E-state index contributed by atoms with van der Waals surface area (Å²) >= 11 is 11.7. The molecule has 0 radical (unpaired) electrons. The number of fused-ring (bicyclic) bond motifs is 1. The second-order valence-corrected chi connectivity index (χ2v) is 5.67. The third-order valence-electron chi connectivity index (χ3n) is 3.42. The van der Waals surface area contributed by atoms with Gasteiger partial charge in [0, 0.05) is 33.6 Å². The zero-order chi connectivity index (χ0) is 14.3. The highest BCUT2D eigenvalue weighted by Crippen LogP contribution is 2.41. The predicted molar refractivity (Wildman–Crippen MR) is 77.8 cm³/mol. The van der Waals surface area contributed by atoms with Gasteiger partial charge in [-0.1, -0.05) is 29.3 Å². The number of ether oxygens (including phenoxy) is 1. The van der Waals surface area contributed by atoms with E-state index < -0.39 is 6.10 Å². The van der Waals surface area contributed by atoms with Crippen molar-refractivity contribution in [1.82, 2.24) is 0 Å². The molecule has 0 aliphatic carbocycles. The van der Waals surface area contributed by atoms with Crippen molar-refractivity contribution in [2.75, 3.05) is 0 Å². The van der Waals surface area contributed by atoms with E-state index in [1.807, 2.05) is 0 Å². The second kappa shape index (κ2) is 5.24. The number of rotatable bonds is 1. The maximum atomic E-state index is 14.0. The van der Waals surface area contributed by atoms with Crippen LogP contribution in [-0.2, 0) is 0 Å². The van der Waals surface area contributed by atoms with Crippen molar-refractivity contribution in [3.8, 4) is 5.75 Å². The van der Waals surface area contributed by atoms with E-state index in [-0.39, 0.29) is 11.9 Å². The number of nitrogens with two attached hydrogens (primary N) is 1. The fraction of sp³-hybridized carbons (Fsp3) is 0.200. The van der Waals surface area contributed by atoms with Crippen LogP contribution in [0, 0.1) is 5.82 Å². The third kappa shape index (κ3) is 2.49. The first-order valence-corrected chi connectivity index (χ1v) is 6.97. The molecule has 1 aliphatic heterocycles. The zero-order valence-electron chi connectivity index (χ0n) is 10.4. The van der Waals surface area contributed by atoms with Gasteiger partial charge in [0.2, 0.25) is 0 Å². The molecule has 2 atom stereocenters. The molecule has 1 unspecified atom stereocenters. The Balaban J connectivity index is 1.97. The standard InChI is InChI=1S/C15H12Cl2FNO/c16-8-2-4-14-11(5-8)13(19)7-15(20-14)10-3-1-9(17)6-12(10)18/h1-6,13,15H,7,19H2/t13-,15?/m1/s1. The number of hydrogen-bond donors (Lipinski definition) is 1. The Morgan fingerprint density at radius 1 is 1.05 bits per heavy atom. The summed E-state index contributed by atoms with van der Waals surface area (Å²) in [6.45, 7) is 0. The van der Waals surface area contributed by atoms with Crippen LogP contribution in [0.5, 0.6) is 5.75 Å². The zero-order valence-corrected chi connectivity index (χ0v) is 12.0. The molecule has 2 N–H and O–H groups in total. The van der Waals surface area contributed by atoms with E-state index in [1.54, 1.807) is 30.3 Å². The normalized spacial score (nSPS) is 21.2. The second-order valence-electron chi connectivity index (χ2n) is 4.80. The largest absolute Gasteiger partial charge is 0.485 e. The van der Waals surface area contributed by atoms with E-state index in [0.717, 1.165) is 5.56 Å². The summed E-state index contributed by atoms with van der Waals surface area (Å²) in [4.78, 5) is 0. The average molecular weight is 312 g/mol. The Morgan fingerprint density at radius 2 is 1.75 bits per heavy atom. The van der Waals surface area contributed by atoms with Gasteiger partial charge in [0.1, 0.15) is 17.7 Å². The predicted octanol–water partition coefficient (Wildman–Crippen LogP) is 4.66. The molecule has 2 aromatic carbocycles. The topological polar surface area (TPSA) is 35.2 Å². The minimum Gasteiger partial charge on any atom is -0.485 e. The first kappa shape index (κ1) is 13.7. The molecule has 20 heavy (non-hydrogen) atoms. The van der Waals surface area contributed by atoms with Gasteiger partial charge < -0.3 is 10.5 Å². The lowest BCUT2D eigenvalue weighted by molar-refractivity contribution is 0.157. The maximum Gasteiger partial charge on any atom is 0.131 e. The number of halogens is 3. The van der Waals surface area contributed by atoms with Crippen molar-refractivity contribution in [2.24, 2.45) is 5.73 Å². The van der Waals surface area contributed by atoms with Gasteiger partial charge in [-0.05, 0) is 30.3 Å². The summed E-state index contributed by atoms with van der Waals surface area (Å²) in [5.74, 6) is 0.264. The van der Waals surface area contributed by atoms with E-state index in [0.29, 0.717) is 27.8 Å². The molecule has 0 saturated carbocycles. The van der Waals surface area contributed by atoms with E-state index in [1.165, 1.54) is 6.07 Å². The lowest BCUT2D eigenvalue weighted by atomic mass is 9.93. The van der Waals surface area contributed by atoms with Gasteiger partial charge in [-0.25, -0.2) is 4.39 Å². The van der Waals surface area contributed by atoms with Crippen LogP contribution in [0.3, 0.4) is 0 Å². The van der Waals surface area contributed by atoms with Gasteiger partial charge in [-0.3, -0.25) is 0 Å². The molecule has 3 rings (SSSR count). The minimum absolute atomic E-state index is 0.238. The van der Waals surface area contributed by atoms with Crippen LogP contribution in [-0.4, -0.2) is 0 Å². The summed E-state index contributed by atoms with van der Waals surface area (Å²) in [7, 11) is 0. The van der Waals surface area contributed by atoms with Gasteiger partial charge in [-0.2, -0.15) is 0 Å². The first-order chi connectivity index (χ1) is 9.54. The van der Waals surface area contributed by atoms with Crippen LogP contribution in [0.25, 0.3) is 0 Å². The molecule has 2 aromatic rings. The molecule has 0 aromatic heterocycles. The highest BCUT2D eigenvalue weighted by molar-refractivity contribution is 6.30. The summed E-state index contributed by atoms with van der Waals surface area (Å²) in [6, 6.07) is 9.60. The van der Waals surface area contributed by atoms with Gasteiger partial charge in [0.05, 0.1) is 0 Å². The van der Waals surface area contributed by atoms with E-state index in [9.17, 15) is 4.39 Å². The molecule has 5 heteroatoms. The quantitative estimate of drug-likeness (QED) is 0.831. The third-order valence-corrected chi connectivity index (χ3v) is 3.89. The van der Waals surface area contributed by atoms with Crippen LogP contribution in [0.4, 0.5) is 4.39 Å². The number of benzene rings is 2. The first-order valence-electron chi connectivity index (χ1n) is 6.21. The summed E-state index contributed by atoms with van der Waals surface area (Å²) in [6.07, 6.45) is 0.0715. The maximum absolute atomic E-state index is 14.0. The molecule has 2 nitrogen and oxygen atoms in total. The van der Waals surface area contributed by atoms with Crippen LogP contribution < -0.4 is 10.5 Å². The van der Waals surface area contributed by atoms with E-state index in [2.05, 4.69) is 0 Å². The van der Waals surface area contributed by atoms with Gasteiger partial charge in [0.15, 0.2) is 0 Å². The van der Waals surface area contributed by atoms with Gasteiger partial charge >= 0.3 is 0 Å². The summed E-state index contributed by atoms with van der Waals surface area (Å²) < 4.78 is 19.8. The Hall–Kier alpha value is -1.29. The van der Waals surface area contributed by atoms with Crippen molar-refractivity contribution in [3.05, 3.63) is 63.4 Å². The average Bonchev–Trinajstić information content (AvgIpc) is 2.39. The summed E-state index contributed by atoms with van der Waals surface area (Å²) in [5.41, 5.74) is 7.45. The smallest absolute Gasteiger partial charge is 0.131 e. The highest BCUT2D eigenvalue weighted by atomic mass is 35.5. The molecule has 104 valence electrons. The van der Waals surface area contributed by atoms with Gasteiger partial charge in [0.25, 0.3) is 0 Å². The molecule has 0 saturated heterocycles.